The molecule has 1 N–H and O–H groups in total. The van der Waals surface area contributed by atoms with E-state index in [2.05, 4.69) is 31.0 Å². The molecule has 1 heterocycles. The molecule has 0 aromatic rings. The van der Waals surface area contributed by atoms with Gasteiger partial charge in [0.05, 0.1) is 0 Å². The minimum atomic E-state index is -4.02. The smallest absolute Gasteiger partial charge is 0.311 e. The van der Waals surface area contributed by atoms with E-state index in [0.29, 0.717) is 24.5 Å². The van der Waals surface area contributed by atoms with Gasteiger partial charge in [0.1, 0.15) is 0 Å². The quantitative estimate of drug-likeness (QED) is 0.802. The Morgan fingerprint density at radius 3 is 2.53 bits per heavy atom. The fraction of sp³-hybridized carbons (Fsp3) is 1.00. The number of alkyl halides is 3. The average Bonchev–Trinajstić information content (AvgIpc) is 2.27. The lowest BCUT2D eigenvalue weighted by atomic mass is 9.98. The Hall–Kier alpha value is -0.290. The van der Waals surface area contributed by atoms with E-state index in [9.17, 15) is 13.2 Å². The molecule has 0 aromatic heterocycles. The van der Waals surface area contributed by atoms with Gasteiger partial charge in [-0.25, -0.2) is 0 Å². The molecule has 0 aromatic carbocycles. The molecule has 1 rings (SSSR count). The number of rotatable bonds is 6. The molecule has 0 spiro atoms. The van der Waals surface area contributed by atoms with Crippen LogP contribution in [0, 0.1) is 5.92 Å². The first-order chi connectivity index (χ1) is 8.81. The average molecular weight is 280 g/mol. The van der Waals surface area contributed by atoms with E-state index in [0.717, 1.165) is 25.9 Å². The maximum Gasteiger partial charge on any atom is 0.389 e. The summed E-state index contributed by atoms with van der Waals surface area (Å²) < 4.78 is 36.6. The lowest BCUT2D eigenvalue weighted by Crippen LogP contribution is -2.56. The molecule has 0 amide bonds. The van der Waals surface area contributed by atoms with Gasteiger partial charge in [-0.15, -0.1) is 0 Å². The molecule has 2 nitrogen and oxygen atoms in total. The van der Waals surface area contributed by atoms with E-state index < -0.39 is 12.6 Å². The van der Waals surface area contributed by atoms with Gasteiger partial charge in [0.25, 0.3) is 0 Å². The van der Waals surface area contributed by atoms with Crippen LogP contribution in [0.5, 0.6) is 0 Å². The predicted octanol–water partition coefficient (Wildman–Crippen LogP) is 3.43. The standard InChI is InChI=1S/C14H27F3N2/c1-4-13-9-18-12(8-11(2)3)10-19(13)7-5-6-14(15,16)17/h11-13,18H,4-10H2,1-3H3. The first-order valence-corrected chi connectivity index (χ1v) is 7.36. The van der Waals surface area contributed by atoms with Crippen molar-refractivity contribution in [1.82, 2.24) is 10.2 Å². The number of hydrogen-bond acceptors (Lipinski definition) is 2. The van der Waals surface area contributed by atoms with Gasteiger partial charge < -0.3 is 5.32 Å². The summed E-state index contributed by atoms with van der Waals surface area (Å²) in [5, 5.41) is 3.52. The van der Waals surface area contributed by atoms with Gasteiger partial charge in [0.2, 0.25) is 0 Å². The number of nitrogens with one attached hydrogen (secondary N) is 1. The summed E-state index contributed by atoms with van der Waals surface area (Å²) in [5.41, 5.74) is 0. The van der Waals surface area contributed by atoms with Crippen LogP contribution in [-0.4, -0.2) is 42.8 Å². The zero-order chi connectivity index (χ0) is 14.5. The van der Waals surface area contributed by atoms with Crippen LogP contribution in [0.25, 0.3) is 0 Å². The molecule has 1 aliphatic heterocycles. The highest BCUT2D eigenvalue weighted by Crippen LogP contribution is 2.23. The van der Waals surface area contributed by atoms with Crippen LogP contribution < -0.4 is 5.32 Å². The van der Waals surface area contributed by atoms with Crippen molar-refractivity contribution in [2.24, 2.45) is 5.92 Å². The van der Waals surface area contributed by atoms with E-state index in [-0.39, 0.29) is 6.42 Å². The molecule has 2 unspecified atom stereocenters. The summed E-state index contributed by atoms with van der Waals surface area (Å²) >= 11 is 0. The third kappa shape index (κ3) is 6.61. The Kier molecular flexibility index (Phi) is 6.60. The molecule has 2 atom stereocenters. The van der Waals surface area contributed by atoms with Gasteiger partial charge in [-0.3, -0.25) is 4.90 Å². The summed E-state index contributed by atoms with van der Waals surface area (Å²) in [6, 6.07) is 0.810. The number of halogens is 3. The van der Waals surface area contributed by atoms with E-state index in [1.807, 2.05) is 0 Å². The molecule has 114 valence electrons. The van der Waals surface area contributed by atoms with Gasteiger partial charge in [0.15, 0.2) is 0 Å². The summed E-state index contributed by atoms with van der Waals surface area (Å²) in [7, 11) is 0. The van der Waals surface area contributed by atoms with Crippen LogP contribution in [0.15, 0.2) is 0 Å². The summed E-state index contributed by atoms with van der Waals surface area (Å²) in [6.45, 7) is 8.82. The Morgan fingerprint density at radius 2 is 2.00 bits per heavy atom. The van der Waals surface area contributed by atoms with Crippen molar-refractivity contribution in [3.05, 3.63) is 0 Å². The van der Waals surface area contributed by atoms with Crippen LogP contribution >= 0.6 is 0 Å². The molecule has 0 saturated carbocycles. The minimum Gasteiger partial charge on any atom is -0.311 e. The second kappa shape index (κ2) is 7.48. The molecule has 5 heteroatoms. The van der Waals surface area contributed by atoms with Crippen molar-refractivity contribution >= 4 is 0 Å². The fourth-order valence-electron chi connectivity index (χ4n) is 2.81. The zero-order valence-electron chi connectivity index (χ0n) is 12.3. The second-order valence-corrected chi connectivity index (χ2v) is 6.01. The Morgan fingerprint density at radius 1 is 1.32 bits per heavy atom. The lowest BCUT2D eigenvalue weighted by molar-refractivity contribution is -0.136. The fourth-order valence-corrected chi connectivity index (χ4v) is 2.81. The topological polar surface area (TPSA) is 15.3 Å². The third-order valence-corrected chi connectivity index (χ3v) is 3.75. The largest absolute Gasteiger partial charge is 0.389 e. The zero-order valence-corrected chi connectivity index (χ0v) is 12.3. The van der Waals surface area contributed by atoms with Crippen molar-refractivity contribution < 1.29 is 13.2 Å². The Bertz CT molecular complexity index is 254. The highest BCUT2D eigenvalue weighted by Gasteiger charge is 2.30. The molecule has 0 bridgehead atoms. The van der Waals surface area contributed by atoms with Gasteiger partial charge in [0, 0.05) is 31.6 Å². The van der Waals surface area contributed by atoms with Crippen LogP contribution in [0.3, 0.4) is 0 Å². The Balaban J connectivity index is 2.41. The van der Waals surface area contributed by atoms with E-state index in [4.69, 9.17) is 0 Å². The number of nitrogens with zero attached hydrogens (tertiary/aromatic N) is 1. The van der Waals surface area contributed by atoms with E-state index in [1.54, 1.807) is 0 Å². The van der Waals surface area contributed by atoms with Gasteiger partial charge >= 0.3 is 6.18 Å². The molecule has 19 heavy (non-hydrogen) atoms. The highest BCUT2D eigenvalue weighted by atomic mass is 19.4. The van der Waals surface area contributed by atoms with Crippen LogP contribution in [0.4, 0.5) is 13.2 Å². The van der Waals surface area contributed by atoms with Gasteiger partial charge in [-0.1, -0.05) is 20.8 Å². The molecule has 0 aliphatic carbocycles. The summed E-state index contributed by atoms with van der Waals surface area (Å²) in [6.07, 6.45) is -2.39. The van der Waals surface area contributed by atoms with Crippen molar-refractivity contribution in [3.8, 4) is 0 Å². The maximum atomic E-state index is 12.2. The molecule has 1 aliphatic rings. The molecule has 0 radical (unpaired) electrons. The van der Waals surface area contributed by atoms with Crippen LogP contribution in [-0.2, 0) is 0 Å². The number of hydrogen-bond donors (Lipinski definition) is 1. The first-order valence-electron chi connectivity index (χ1n) is 7.36. The van der Waals surface area contributed by atoms with Crippen molar-refractivity contribution in [1.29, 1.82) is 0 Å². The monoisotopic (exact) mass is 280 g/mol. The normalized spacial score (nSPS) is 26.1. The minimum absolute atomic E-state index is 0.217. The molecule has 1 saturated heterocycles. The SMILES string of the molecule is CCC1CNC(CC(C)C)CN1CCCC(F)(F)F. The third-order valence-electron chi connectivity index (χ3n) is 3.75. The van der Waals surface area contributed by atoms with Gasteiger partial charge in [-0.2, -0.15) is 13.2 Å². The van der Waals surface area contributed by atoms with Crippen LogP contribution in [0.2, 0.25) is 0 Å². The second-order valence-electron chi connectivity index (χ2n) is 6.01. The molecular weight excluding hydrogens is 253 g/mol. The maximum absolute atomic E-state index is 12.2. The van der Waals surface area contributed by atoms with E-state index >= 15 is 0 Å². The van der Waals surface area contributed by atoms with Gasteiger partial charge in [-0.05, 0) is 31.7 Å². The van der Waals surface area contributed by atoms with E-state index in [1.165, 1.54) is 0 Å². The number of piperazine rings is 1. The van der Waals surface area contributed by atoms with Crippen LogP contribution in [0.1, 0.15) is 46.5 Å². The van der Waals surface area contributed by atoms with Crippen molar-refractivity contribution in [2.45, 2.75) is 64.7 Å². The summed E-state index contributed by atoms with van der Waals surface area (Å²) in [4.78, 5) is 2.25. The predicted molar refractivity (Wildman–Crippen MR) is 72.2 cm³/mol. The van der Waals surface area contributed by atoms with Crippen molar-refractivity contribution in [3.63, 3.8) is 0 Å². The molecular formula is C14H27F3N2. The first kappa shape index (κ1) is 16.8. The summed E-state index contributed by atoms with van der Waals surface area (Å²) in [5.74, 6) is 0.618. The van der Waals surface area contributed by atoms with Crippen molar-refractivity contribution in [2.75, 3.05) is 19.6 Å². The molecule has 1 fully saturated rings. The Labute approximate surface area is 114 Å². The lowest BCUT2D eigenvalue weighted by Gasteiger charge is -2.40. The highest BCUT2D eigenvalue weighted by molar-refractivity contribution is 4.86.